The summed E-state index contributed by atoms with van der Waals surface area (Å²) in [5, 5.41) is 9.13. The summed E-state index contributed by atoms with van der Waals surface area (Å²) in [6, 6.07) is 2.74. The number of aromatic carboxylic acids is 1. The molecule has 112 valence electrons. The van der Waals surface area contributed by atoms with E-state index in [0.717, 1.165) is 22.7 Å². The summed E-state index contributed by atoms with van der Waals surface area (Å²) in [6.07, 6.45) is 0. The third kappa shape index (κ3) is 3.27. The van der Waals surface area contributed by atoms with Gasteiger partial charge >= 0.3 is 5.97 Å². The monoisotopic (exact) mass is 329 g/mol. The molecule has 0 atom stereocenters. The van der Waals surface area contributed by atoms with Gasteiger partial charge in [-0.25, -0.2) is 22.6 Å². The Morgan fingerprint density at radius 1 is 1.38 bits per heavy atom. The first kappa shape index (κ1) is 15.6. The van der Waals surface area contributed by atoms with Crippen LogP contribution in [0.5, 0.6) is 0 Å². The van der Waals surface area contributed by atoms with Crippen molar-refractivity contribution in [3.8, 4) is 0 Å². The third-order valence-corrected chi connectivity index (χ3v) is 5.81. The van der Waals surface area contributed by atoms with E-state index in [4.69, 9.17) is 5.11 Å². The second kappa shape index (κ2) is 5.53. The second-order valence-corrected chi connectivity index (χ2v) is 7.70. The van der Waals surface area contributed by atoms with Gasteiger partial charge in [0.1, 0.15) is 21.5 Å². The number of halogens is 1. The standard InChI is InChI=1S/C13H12FNO4S2/c1-7-8(2)20-12(15-7)6-21(18,19)11-4-3-9(13(16)17)5-10(11)14/h3-5H,6H2,1-2H3,(H,16,17). The SMILES string of the molecule is Cc1nc(CS(=O)(=O)c2ccc(C(=O)O)cc2F)sc1C. The molecule has 0 aliphatic heterocycles. The molecule has 5 nitrogen and oxygen atoms in total. The number of aromatic nitrogens is 1. The number of hydrogen-bond donors (Lipinski definition) is 1. The predicted octanol–water partition coefficient (Wildman–Crippen LogP) is 2.57. The molecule has 0 fully saturated rings. The molecule has 0 bridgehead atoms. The third-order valence-electron chi connectivity index (χ3n) is 2.90. The minimum absolute atomic E-state index is 0.299. The van der Waals surface area contributed by atoms with Gasteiger partial charge in [0.05, 0.1) is 11.3 Å². The lowest BCUT2D eigenvalue weighted by Crippen LogP contribution is -2.08. The van der Waals surface area contributed by atoms with Crippen molar-refractivity contribution in [3.63, 3.8) is 0 Å². The summed E-state index contributed by atoms with van der Waals surface area (Å²) in [6.45, 7) is 3.59. The van der Waals surface area contributed by atoms with E-state index in [1.807, 2.05) is 6.92 Å². The molecule has 1 aromatic carbocycles. The number of benzene rings is 1. The number of carboxylic acid groups (broad SMARTS) is 1. The van der Waals surface area contributed by atoms with Crippen LogP contribution < -0.4 is 0 Å². The average Bonchev–Trinajstić information content (AvgIpc) is 2.66. The van der Waals surface area contributed by atoms with Crippen molar-refractivity contribution in [3.05, 3.63) is 45.2 Å². The molecule has 0 aliphatic carbocycles. The van der Waals surface area contributed by atoms with Gasteiger partial charge in [-0.1, -0.05) is 0 Å². The van der Waals surface area contributed by atoms with Crippen molar-refractivity contribution >= 4 is 27.1 Å². The fourth-order valence-corrected chi connectivity index (χ4v) is 4.33. The van der Waals surface area contributed by atoms with Gasteiger partial charge in [0, 0.05) is 4.88 Å². The fourth-order valence-electron chi connectivity index (χ4n) is 1.73. The van der Waals surface area contributed by atoms with Gasteiger partial charge in [-0.05, 0) is 32.0 Å². The number of rotatable bonds is 4. The molecule has 0 saturated carbocycles. The first-order chi connectivity index (χ1) is 9.70. The first-order valence-electron chi connectivity index (χ1n) is 5.89. The number of carboxylic acids is 1. The van der Waals surface area contributed by atoms with Crippen LogP contribution in [0.25, 0.3) is 0 Å². The molecular weight excluding hydrogens is 317 g/mol. The molecular formula is C13H12FNO4S2. The van der Waals surface area contributed by atoms with Crippen LogP contribution >= 0.6 is 11.3 Å². The maximum Gasteiger partial charge on any atom is 0.335 e. The lowest BCUT2D eigenvalue weighted by molar-refractivity contribution is 0.0696. The molecule has 21 heavy (non-hydrogen) atoms. The van der Waals surface area contributed by atoms with E-state index in [-0.39, 0.29) is 5.56 Å². The Balaban J connectivity index is 2.37. The highest BCUT2D eigenvalue weighted by Gasteiger charge is 2.23. The molecule has 8 heteroatoms. The molecule has 0 spiro atoms. The quantitative estimate of drug-likeness (QED) is 0.932. The summed E-state index contributed by atoms with van der Waals surface area (Å²) in [5.41, 5.74) is 0.444. The van der Waals surface area contributed by atoms with E-state index in [1.54, 1.807) is 6.92 Å². The molecule has 1 heterocycles. The van der Waals surface area contributed by atoms with Gasteiger partial charge < -0.3 is 5.11 Å². The average molecular weight is 329 g/mol. The summed E-state index contributed by atoms with van der Waals surface area (Å²) in [5.74, 6) is -2.79. The van der Waals surface area contributed by atoms with Gasteiger partial charge in [-0.15, -0.1) is 11.3 Å². The summed E-state index contributed by atoms with van der Waals surface area (Å²) < 4.78 is 38.2. The topological polar surface area (TPSA) is 84.3 Å². The van der Waals surface area contributed by atoms with Crippen molar-refractivity contribution in [2.75, 3.05) is 0 Å². The van der Waals surface area contributed by atoms with E-state index < -0.39 is 32.3 Å². The predicted molar refractivity (Wildman–Crippen MR) is 75.8 cm³/mol. The number of hydrogen-bond acceptors (Lipinski definition) is 5. The summed E-state index contributed by atoms with van der Waals surface area (Å²) >= 11 is 1.24. The maximum absolute atomic E-state index is 13.8. The zero-order valence-corrected chi connectivity index (χ0v) is 12.9. The number of nitrogens with zero attached hydrogens (tertiary/aromatic N) is 1. The van der Waals surface area contributed by atoms with E-state index in [2.05, 4.69) is 4.98 Å². The van der Waals surface area contributed by atoms with Crippen LogP contribution in [0.1, 0.15) is 25.9 Å². The van der Waals surface area contributed by atoms with Crippen molar-refractivity contribution in [1.82, 2.24) is 4.98 Å². The van der Waals surface area contributed by atoms with Crippen molar-refractivity contribution < 1.29 is 22.7 Å². The highest BCUT2D eigenvalue weighted by molar-refractivity contribution is 7.90. The van der Waals surface area contributed by atoms with Gasteiger partial charge in [0.2, 0.25) is 0 Å². The first-order valence-corrected chi connectivity index (χ1v) is 8.36. The maximum atomic E-state index is 13.8. The number of thiazole rings is 1. The van der Waals surface area contributed by atoms with Crippen LogP contribution in [0.2, 0.25) is 0 Å². The highest BCUT2D eigenvalue weighted by atomic mass is 32.2. The minimum atomic E-state index is -3.91. The van der Waals surface area contributed by atoms with Gasteiger partial charge in [-0.3, -0.25) is 0 Å². The van der Waals surface area contributed by atoms with Crippen LogP contribution in [0.4, 0.5) is 4.39 Å². The second-order valence-electron chi connectivity index (χ2n) is 4.46. The summed E-state index contributed by atoms with van der Waals surface area (Å²) in [7, 11) is -3.91. The zero-order chi connectivity index (χ0) is 15.8. The fraction of sp³-hybridized carbons (Fsp3) is 0.231. The molecule has 1 N–H and O–H groups in total. The van der Waals surface area contributed by atoms with E-state index in [1.165, 1.54) is 11.3 Å². The van der Waals surface area contributed by atoms with E-state index in [9.17, 15) is 17.6 Å². The van der Waals surface area contributed by atoms with Crippen molar-refractivity contribution in [1.29, 1.82) is 0 Å². The normalized spacial score (nSPS) is 11.6. The lowest BCUT2D eigenvalue weighted by Gasteiger charge is -2.05. The Morgan fingerprint density at radius 2 is 2.05 bits per heavy atom. The van der Waals surface area contributed by atoms with Crippen LogP contribution in [0.15, 0.2) is 23.1 Å². The Hall–Kier alpha value is -1.80. The van der Waals surface area contributed by atoms with Crippen LogP contribution in [-0.2, 0) is 15.6 Å². The highest BCUT2D eigenvalue weighted by Crippen LogP contribution is 2.24. The minimum Gasteiger partial charge on any atom is -0.478 e. The van der Waals surface area contributed by atoms with Crippen LogP contribution in [-0.4, -0.2) is 24.5 Å². The Kier molecular flexibility index (Phi) is 4.11. The largest absolute Gasteiger partial charge is 0.478 e. The molecule has 0 amide bonds. The number of sulfone groups is 1. The molecule has 0 radical (unpaired) electrons. The Morgan fingerprint density at radius 3 is 2.52 bits per heavy atom. The molecule has 1 aromatic heterocycles. The van der Waals surface area contributed by atoms with Crippen molar-refractivity contribution in [2.24, 2.45) is 0 Å². The lowest BCUT2D eigenvalue weighted by atomic mass is 10.2. The molecule has 0 aliphatic rings. The Labute approximate surface area is 125 Å². The smallest absolute Gasteiger partial charge is 0.335 e. The molecule has 0 saturated heterocycles. The summed E-state index contributed by atoms with van der Waals surface area (Å²) in [4.78, 5) is 15.2. The van der Waals surface area contributed by atoms with Gasteiger partial charge in [0.25, 0.3) is 0 Å². The van der Waals surface area contributed by atoms with Gasteiger partial charge in [-0.2, -0.15) is 0 Å². The number of carbonyl (C=O) groups is 1. The van der Waals surface area contributed by atoms with Crippen LogP contribution in [0, 0.1) is 19.7 Å². The van der Waals surface area contributed by atoms with Crippen molar-refractivity contribution in [2.45, 2.75) is 24.5 Å². The van der Waals surface area contributed by atoms with Gasteiger partial charge in [0.15, 0.2) is 9.84 Å². The Bertz CT molecular complexity index is 792. The van der Waals surface area contributed by atoms with E-state index in [0.29, 0.717) is 11.1 Å². The van der Waals surface area contributed by atoms with Crippen LogP contribution in [0.3, 0.4) is 0 Å². The molecule has 0 unspecified atom stereocenters. The van der Waals surface area contributed by atoms with E-state index >= 15 is 0 Å². The zero-order valence-electron chi connectivity index (χ0n) is 11.3. The number of aryl methyl sites for hydroxylation is 2. The molecule has 2 rings (SSSR count). The molecule has 2 aromatic rings.